The van der Waals surface area contributed by atoms with Crippen LogP contribution < -0.4 is 10.6 Å². The van der Waals surface area contributed by atoms with Gasteiger partial charge in [0.25, 0.3) is 5.91 Å². The molecule has 1 saturated heterocycles. The molecule has 0 spiro atoms. The number of nitrogens with zero attached hydrogens (tertiary/aromatic N) is 2. The number of rotatable bonds is 3. The van der Waals surface area contributed by atoms with E-state index >= 15 is 0 Å². The minimum absolute atomic E-state index is 0.118. The van der Waals surface area contributed by atoms with E-state index in [0.29, 0.717) is 16.8 Å². The lowest BCUT2D eigenvalue weighted by Crippen LogP contribution is -2.17. The molecule has 1 unspecified atom stereocenters. The highest BCUT2D eigenvalue weighted by atomic mass is 32.1. The van der Waals surface area contributed by atoms with Crippen LogP contribution >= 0.6 is 11.3 Å². The first kappa shape index (κ1) is 17.3. The summed E-state index contributed by atoms with van der Waals surface area (Å²) in [6.07, 6.45) is 4.03. The van der Waals surface area contributed by atoms with Crippen LogP contribution in [0.15, 0.2) is 42.6 Å². The number of hydrogen-bond donors (Lipinski definition) is 2. The molecule has 2 N–H and O–H groups in total. The second-order valence-electron chi connectivity index (χ2n) is 7.03. The molecule has 1 amide bonds. The monoisotopic (exact) mass is 394 g/mol. The van der Waals surface area contributed by atoms with Gasteiger partial charge in [0.1, 0.15) is 5.82 Å². The van der Waals surface area contributed by atoms with Crippen molar-refractivity contribution in [2.45, 2.75) is 18.9 Å². The van der Waals surface area contributed by atoms with Crippen LogP contribution in [0.25, 0.3) is 26.4 Å². The van der Waals surface area contributed by atoms with Gasteiger partial charge in [0.15, 0.2) is 4.96 Å². The van der Waals surface area contributed by atoms with E-state index in [1.807, 2.05) is 34.9 Å². The van der Waals surface area contributed by atoms with Gasteiger partial charge >= 0.3 is 0 Å². The molecular weight excluding hydrogens is 375 g/mol. The number of benzene rings is 2. The van der Waals surface area contributed by atoms with Crippen molar-refractivity contribution >= 4 is 32.4 Å². The summed E-state index contributed by atoms with van der Waals surface area (Å²) in [6, 6.07) is 11.2. The molecule has 1 fully saturated rings. The van der Waals surface area contributed by atoms with Crippen LogP contribution in [0.1, 0.15) is 34.8 Å². The zero-order chi connectivity index (χ0) is 19.3. The summed E-state index contributed by atoms with van der Waals surface area (Å²) < 4.78 is 17.7. The number of amides is 1. The van der Waals surface area contributed by atoms with E-state index in [1.54, 1.807) is 19.2 Å². The van der Waals surface area contributed by atoms with E-state index in [1.165, 1.54) is 11.3 Å². The first-order valence-corrected chi connectivity index (χ1v) is 10.1. The van der Waals surface area contributed by atoms with E-state index in [4.69, 9.17) is 0 Å². The van der Waals surface area contributed by atoms with Gasteiger partial charge in [-0.25, -0.2) is 9.37 Å². The molecule has 28 heavy (non-hydrogen) atoms. The standard InChI is InChI=1S/C21H19FN4OS/c1-23-20(27)13-5-7-18-19(10-13)28-21-25-17(11-26(18)21)14-6-4-12(9-15(14)22)16-3-2-8-24-16/h4-7,9-11,16,24H,2-3,8H2,1H3,(H,23,27). The van der Waals surface area contributed by atoms with Crippen LogP contribution in [-0.4, -0.2) is 28.9 Å². The molecule has 2 aromatic carbocycles. The Hall–Kier alpha value is -2.77. The predicted octanol–water partition coefficient (Wildman–Crippen LogP) is 4.14. The number of carbonyl (C=O) groups is 1. The Morgan fingerprint density at radius 2 is 2.21 bits per heavy atom. The van der Waals surface area contributed by atoms with Crippen molar-refractivity contribution in [3.05, 3.63) is 59.5 Å². The summed E-state index contributed by atoms with van der Waals surface area (Å²) in [5, 5.41) is 6.03. The summed E-state index contributed by atoms with van der Waals surface area (Å²) in [5.74, 6) is -0.365. The first-order chi connectivity index (χ1) is 13.6. The Labute approximate surface area is 165 Å². The maximum atomic E-state index is 14.8. The number of hydrogen-bond acceptors (Lipinski definition) is 4. The zero-order valence-electron chi connectivity index (χ0n) is 15.3. The van der Waals surface area contributed by atoms with Crippen molar-refractivity contribution in [3.8, 4) is 11.3 Å². The quantitative estimate of drug-likeness (QED) is 0.549. The molecule has 0 aliphatic carbocycles. The second kappa shape index (κ2) is 6.68. The van der Waals surface area contributed by atoms with Crippen molar-refractivity contribution in [3.63, 3.8) is 0 Å². The lowest BCUT2D eigenvalue weighted by Gasteiger charge is -2.11. The number of halogens is 1. The SMILES string of the molecule is CNC(=O)c1ccc2c(c1)sc1nc(-c3ccc(C4CCCN4)cc3F)cn12. The Bertz CT molecular complexity index is 1210. The molecule has 5 nitrogen and oxygen atoms in total. The van der Waals surface area contributed by atoms with Gasteiger partial charge in [-0.05, 0) is 55.3 Å². The Morgan fingerprint density at radius 1 is 1.32 bits per heavy atom. The van der Waals surface area contributed by atoms with E-state index in [0.717, 1.165) is 40.1 Å². The Balaban J connectivity index is 1.53. The van der Waals surface area contributed by atoms with Crippen molar-refractivity contribution in [2.75, 3.05) is 13.6 Å². The minimum Gasteiger partial charge on any atom is -0.355 e. The topological polar surface area (TPSA) is 58.4 Å². The van der Waals surface area contributed by atoms with E-state index < -0.39 is 0 Å². The number of thiazole rings is 1. The van der Waals surface area contributed by atoms with Gasteiger partial charge in [-0.1, -0.05) is 17.4 Å². The predicted molar refractivity (Wildman–Crippen MR) is 109 cm³/mol. The van der Waals surface area contributed by atoms with E-state index in [2.05, 4.69) is 15.6 Å². The van der Waals surface area contributed by atoms with Gasteiger partial charge in [-0.15, -0.1) is 0 Å². The van der Waals surface area contributed by atoms with Gasteiger partial charge in [0, 0.05) is 30.4 Å². The average Bonchev–Trinajstić information content (AvgIpc) is 3.42. The molecule has 0 bridgehead atoms. The van der Waals surface area contributed by atoms with Gasteiger partial charge in [0.2, 0.25) is 0 Å². The van der Waals surface area contributed by atoms with Crippen LogP contribution in [0.3, 0.4) is 0 Å². The Kier molecular flexibility index (Phi) is 4.14. The third-order valence-corrected chi connectivity index (χ3v) is 6.33. The van der Waals surface area contributed by atoms with Crippen molar-refractivity contribution in [1.29, 1.82) is 0 Å². The van der Waals surface area contributed by atoms with E-state index in [-0.39, 0.29) is 17.8 Å². The van der Waals surface area contributed by atoms with Crippen LogP contribution in [0.4, 0.5) is 4.39 Å². The van der Waals surface area contributed by atoms with Gasteiger partial charge < -0.3 is 10.6 Å². The fourth-order valence-electron chi connectivity index (χ4n) is 3.84. The smallest absolute Gasteiger partial charge is 0.251 e. The molecule has 1 aliphatic heterocycles. The minimum atomic E-state index is -0.247. The summed E-state index contributed by atoms with van der Waals surface area (Å²) in [4.78, 5) is 17.2. The second-order valence-corrected chi connectivity index (χ2v) is 8.04. The third kappa shape index (κ3) is 2.78. The van der Waals surface area contributed by atoms with Gasteiger partial charge in [-0.2, -0.15) is 0 Å². The normalized spacial score (nSPS) is 16.9. The molecule has 0 radical (unpaired) electrons. The molecule has 2 aromatic heterocycles. The molecular formula is C21H19FN4OS. The number of imidazole rings is 1. The number of carbonyl (C=O) groups excluding carboxylic acids is 1. The van der Waals surface area contributed by atoms with Gasteiger partial charge in [0.05, 0.1) is 15.9 Å². The molecule has 142 valence electrons. The number of nitrogens with one attached hydrogen (secondary N) is 2. The summed E-state index contributed by atoms with van der Waals surface area (Å²) >= 11 is 1.49. The number of fused-ring (bicyclic) bond motifs is 3. The molecule has 3 heterocycles. The van der Waals surface area contributed by atoms with Crippen LogP contribution in [0.2, 0.25) is 0 Å². The molecule has 7 heteroatoms. The van der Waals surface area contributed by atoms with Crippen LogP contribution in [-0.2, 0) is 0 Å². The fraction of sp³-hybridized carbons (Fsp3) is 0.238. The molecule has 0 saturated carbocycles. The molecule has 1 atom stereocenters. The van der Waals surface area contributed by atoms with E-state index in [9.17, 15) is 9.18 Å². The van der Waals surface area contributed by atoms with Crippen molar-refractivity contribution in [1.82, 2.24) is 20.0 Å². The number of aromatic nitrogens is 2. The maximum Gasteiger partial charge on any atom is 0.251 e. The van der Waals surface area contributed by atoms with Crippen molar-refractivity contribution in [2.24, 2.45) is 0 Å². The third-order valence-electron chi connectivity index (χ3n) is 5.32. The summed E-state index contributed by atoms with van der Waals surface area (Å²) in [6.45, 7) is 0.986. The average molecular weight is 394 g/mol. The highest BCUT2D eigenvalue weighted by Gasteiger charge is 2.19. The molecule has 1 aliphatic rings. The highest BCUT2D eigenvalue weighted by Crippen LogP contribution is 2.32. The van der Waals surface area contributed by atoms with Crippen LogP contribution in [0, 0.1) is 5.82 Å². The maximum absolute atomic E-state index is 14.8. The fourth-order valence-corrected chi connectivity index (χ4v) is 4.89. The van der Waals surface area contributed by atoms with Crippen LogP contribution in [0.5, 0.6) is 0 Å². The summed E-state index contributed by atoms with van der Waals surface area (Å²) in [5.41, 5.74) is 3.69. The highest BCUT2D eigenvalue weighted by molar-refractivity contribution is 7.23. The van der Waals surface area contributed by atoms with Gasteiger partial charge in [-0.3, -0.25) is 9.20 Å². The first-order valence-electron chi connectivity index (χ1n) is 9.31. The molecule has 5 rings (SSSR count). The lowest BCUT2D eigenvalue weighted by molar-refractivity contribution is 0.0963. The Morgan fingerprint density at radius 3 is 2.96 bits per heavy atom. The molecule has 4 aromatic rings. The zero-order valence-corrected chi connectivity index (χ0v) is 16.1. The largest absolute Gasteiger partial charge is 0.355 e. The lowest BCUT2D eigenvalue weighted by atomic mass is 10.0. The summed E-state index contributed by atoms with van der Waals surface area (Å²) in [7, 11) is 1.61. The van der Waals surface area contributed by atoms with Crippen molar-refractivity contribution < 1.29 is 9.18 Å².